The molecule has 21 heavy (non-hydrogen) atoms. The van der Waals surface area contributed by atoms with Crippen LogP contribution in [-0.4, -0.2) is 24.8 Å². The van der Waals surface area contributed by atoms with E-state index in [9.17, 15) is 23.3 Å². The zero-order valence-corrected chi connectivity index (χ0v) is 12.9. The first-order valence-corrected chi connectivity index (χ1v) is 7.52. The zero-order chi connectivity index (χ0) is 16.6. The molecule has 0 fully saturated rings. The van der Waals surface area contributed by atoms with Crippen LogP contribution in [0.5, 0.6) is 0 Å². The number of primary sulfonamides is 1. The van der Waals surface area contributed by atoms with Gasteiger partial charge in [0.2, 0.25) is 10.0 Å². The number of nitro benzene ring substituents is 1. The first-order valence-electron chi connectivity index (χ1n) is 5.97. The second-order valence-electron chi connectivity index (χ2n) is 5.62. The van der Waals surface area contributed by atoms with Gasteiger partial charge in [0.15, 0.2) is 0 Å². The third kappa shape index (κ3) is 4.23. The van der Waals surface area contributed by atoms with E-state index in [0.29, 0.717) is 0 Å². The SMILES string of the molecule is Cc1c([N+](=O)[O-])cc(C(=O)NC(C)(C)C)cc1S(N)(=O)=O. The van der Waals surface area contributed by atoms with E-state index in [2.05, 4.69) is 5.32 Å². The fourth-order valence-corrected chi connectivity index (χ4v) is 2.52. The van der Waals surface area contributed by atoms with E-state index in [1.807, 2.05) is 0 Å². The molecule has 0 radical (unpaired) electrons. The van der Waals surface area contributed by atoms with Gasteiger partial charge >= 0.3 is 0 Å². The molecule has 0 heterocycles. The number of nitro groups is 1. The molecule has 1 aromatic rings. The number of rotatable bonds is 3. The van der Waals surface area contributed by atoms with E-state index in [1.54, 1.807) is 20.8 Å². The monoisotopic (exact) mass is 315 g/mol. The predicted molar refractivity (Wildman–Crippen MR) is 76.4 cm³/mol. The summed E-state index contributed by atoms with van der Waals surface area (Å²) in [7, 11) is -4.17. The lowest BCUT2D eigenvalue weighted by Crippen LogP contribution is -2.40. The maximum Gasteiger partial charge on any atom is 0.274 e. The molecular formula is C12H17N3O5S. The van der Waals surface area contributed by atoms with Crippen LogP contribution in [0.2, 0.25) is 0 Å². The molecule has 1 amide bonds. The van der Waals surface area contributed by atoms with Crippen molar-refractivity contribution in [3.8, 4) is 0 Å². The highest BCUT2D eigenvalue weighted by Crippen LogP contribution is 2.26. The van der Waals surface area contributed by atoms with Crippen LogP contribution in [0, 0.1) is 17.0 Å². The van der Waals surface area contributed by atoms with Crippen molar-refractivity contribution < 1.29 is 18.1 Å². The number of nitrogens with one attached hydrogen (secondary N) is 1. The average Bonchev–Trinajstić information content (AvgIpc) is 2.24. The fourth-order valence-electron chi connectivity index (χ4n) is 1.70. The van der Waals surface area contributed by atoms with Gasteiger partial charge in [0.25, 0.3) is 11.6 Å². The summed E-state index contributed by atoms with van der Waals surface area (Å²) in [5.41, 5.74) is -1.28. The Morgan fingerprint density at radius 2 is 1.86 bits per heavy atom. The topological polar surface area (TPSA) is 132 Å². The minimum absolute atomic E-state index is 0.102. The molecule has 8 nitrogen and oxygen atoms in total. The van der Waals surface area contributed by atoms with Crippen molar-refractivity contribution in [2.75, 3.05) is 0 Å². The van der Waals surface area contributed by atoms with Crippen LogP contribution in [0.1, 0.15) is 36.7 Å². The molecule has 3 N–H and O–H groups in total. The Hall–Kier alpha value is -2.00. The highest BCUT2D eigenvalue weighted by Gasteiger charge is 2.25. The minimum Gasteiger partial charge on any atom is -0.347 e. The third-order valence-corrected chi connectivity index (χ3v) is 3.62. The van der Waals surface area contributed by atoms with Gasteiger partial charge in [-0.1, -0.05) is 0 Å². The second-order valence-corrected chi connectivity index (χ2v) is 7.15. The van der Waals surface area contributed by atoms with Crippen molar-refractivity contribution in [1.29, 1.82) is 0 Å². The summed E-state index contributed by atoms with van der Waals surface area (Å²) >= 11 is 0. The number of amides is 1. The van der Waals surface area contributed by atoms with Crippen LogP contribution >= 0.6 is 0 Å². The molecule has 9 heteroatoms. The molecule has 1 rings (SSSR count). The van der Waals surface area contributed by atoms with Gasteiger partial charge in [-0.2, -0.15) is 0 Å². The van der Waals surface area contributed by atoms with Crippen LogP contribution in [0.25, 0.3) is 0 Å². The Morgan fingerprint density at radius 3 is 2.24 bits per heavy atom. The van der Waals surface area contributed by atoms with Gasteiger partial charge in [0.1, 0.15) is 0 Å². The third-order valence-electron chi connectivity index (χ3n) is 2.59. The van der Waals surface area contributed by atoms with E-state index >= 15 is 0 Å². The van der Waals surface area contributed by atoms with Crippen LogP contribution in [-0.2, 0) is 10.0 Å². The first-order chi connectivity index (χ1) is 9.33. The van der Waals surface area contributed by atoms with Crippen LogP contribution in [0.4, 0.5) is 5.69 Å². The zero-order valence-electron chi connectivity index (χ0n) is 12.1. The number of carbonyl (C=O) groups excluding carboxylic acids is 1. The number of hydrogen-bond acceptors (Lipinski definition) is 5. The van der Waals surface area contributed by atoms with Crippen LogP contribution in [0.3, 0.4) is 0 Å². The largest absolute Gasteiger partial charge is 0.347 e. The summed E-state index contributed by atoms with van der Waals surface area (Å²) in [5.74, 6) is -0.615. The maximum absolute atomic E-state index is 12.1. The summed E-state index contributed by atoms with van der Waals surface area (Å²) in [4.78, 5) is 21.9. The number of nitrogens with two attached hydrogens (primary N) is 1. The molecule has 1 aromatic carbocycles. The molecule has 0 saturated carbocycles. The summed E-state index contributed by atoms with van der Waals surface area (Å²) in [5, 5.41) is 18.6. The number of benzene rings is 1. The average molecular weight is 315 g/mol. The van der Waals surface area contributed by atoms with Gasteiger partial charge in [-0.05, 0) is 33.8 Å². The quantitative estimate of drug-likeness (QED) is 0.636. The number of sulfonamides is 1. The van der Waals surface area contributed by atoms with Crippen molar-refractivity contribution in [3.63, 3.8) is 0 Å². The van der Waals surface area contributed by atoms with Crippen molar-refractivity contribution in [1.82, 2.24) is 5.32 Å². The lowest BCUT2D eigenvalue weighted by Gasteiger charge is -2.20. The van der Waals surface area contributed by atoms with Gasteiger partial charge in [-0.25, -0.2) is 13.6 Å². The van der Waals surface area contributed by atoms with Gasteiger partial charge in [0, 0.05) is 22.7 Å². The Balaban J connectivity index is 3.52. The molecule has 0 aliphatic rings. The van der Waals surface area contributed by atoms with Gasteiger partial charge in [-0.15, -0.1) is 0 Å². The standard InChI is InChI=1S/C12H17N3O5S/c1-7-9(15(17)18)5-8(6-10(7)21(13,19)20)11(16)14-12(2,3)4/h5-6H,1-4H3,(H,14,16)(H2,13,19,20). The summed E-state index contributed by atoms with van der Waals surface area (Å²) < 4.78 is 23.0. The molecule has 0 aromatic heterocycles. The minimum atomic E-state index is -4.17. The van der Waals surface area contributed by atoms with E-state index in [4.69, 9.17) is 5.14 Å². The molecule has 116 valence electrons. The van der Waals surface area contributed by atoms with Gasteiger partial charge in [0.05, 0.1) is 9.82 Å². The first kappa shape index (κ1) is 17.1. The van der Waals surface area contributed by atoms with Crippen molar-refractivity contribution in [3.05, 3.63) is 33.4 Å². The van der Waals surface area contributed by atoms with Crippen LogP contribution < -0.4 is 10.5 Å². The van der Waals surface area contributed by atoms with Gasteiger partial charge in [-0.3, -0.25) is 14.9 Å². The highest BCUT2D eigenvalue weighted by atomic mass is 32.2. The summed E-state index contributed by atoms with van der Waals surface area (Å²) in [6.07, 6.45) is 0. The molecule has 0 bridgehead atoms. The van der Waals surface area contributed by atoms with Crippen LogP contribution in [0.15, 0.2) is 17.0 Å². The van der Waals surface area contributed by atoms with E-state index in [0.717, 1.165) is 12.1 Å². The number of nitrogens with zero attached hydrogens (tertiary/aromatic N) is 1. The fraction of sp³-hybridized carbons (Fsp3) is 0.417. The van der Waals surface area contributed by atoms with E-state index in [-0.39, 0.29) is 11.1 Å². The predicted octanol–water partition coefficient (Wildman–Crippen LogP) is 1.08. The molecule has 0 atom stereocenters. The second kappa shape index (κ2) is 5.41. The lowest BCUT2D eigenvalue weighted by molar-refractivity contribution is -0.385. The van der Waals surface area contributed by atoms with Crippen molar-refractivity contribution in [2.45, 2.75) is 38.1 Å². The Labute approximate surface area is 122 Å². The lowest BCUT2D eigenvalue weighted by atomic mass is 10.1. The van der Waals surface area contributed by atoms with Crippen molar-refractivity contribution in [2.24, 2.45) is 5.14 Å². The Bertz CT molecular complexity index is 704. The van der Waals surface area contributed by atoms with Crippen molar-refractivity contribution >= 4 is 21.6 Å². The highest BCUT2D eigenvalue weighted by molar-refractivity contribution is 7.89. The molecule has 0 spiro atoms. The molecule has 0 unspecified atom stereocenters. The molecule has 0 saturated heterocycles. The summed E-state index contributed by atoms with van der Waals surface area (Å²) in [6.45, 7) is 6.46. The van der Waals surface area contributed by atoms with E-state index < -0.39 is 37.0 Å². The normalized spacial score (nSPS) is 12.0. The molecule has 0 aliphatic carbocycles. The smallest absolute Gasteiger partial charge is 0.274 e. The molecular weight excluding hydrogens is 298 g/mol. The molecule has 0 aliphatic heterocycles. The van der Waals surface area contributed by atoms with E-state index in [1.165, 1.54) is 6.92 Å². The van der Waals surface area contributed by atoms with Gasteiger partial charge < -0.3 is 5.32 Å². The number of carbonyl (C=O) groups is 1. The maximum atomic E-state index is 12.1. The summed E-state index contributed by atoms with van der Waals surface area (Å²) in [6, 6.07) is 2.07. The Morgan fingerprint density at radius 1 is 1.33 bits per heavy atom. The number of hydrogen-bond donors (Lipinski definition) is 2. The Kier molecular flexibility index (Phi) is 4.40.